The van der Waals surface area contributed by atoms with Crippen molar-refractivity contribution >= 4 is 27.7 Å². The predicted molar refractivity (Wildman–Crippen MR) is 83.3 cm³/mol. The molecule has 5 heteroatoms. The minimum atomic E-state index is 0.273. The number of aromatic nitrogens is 2. The average molecular weight is 338 g/mol. The molecule has 0 amide bonds. The number of hydrogen-bond donors (Lipinski definition) is 1. The molecule has 1 atom stereocenters. The third-order valence-electron chi connectivity index (χ3n) is 2.65. The third-order valence-corrected chi connectivity index (χ3v) is 4.23. The number of thioether (sulfide) groups is 1. The van der Waals surface area contributed by atoms with Gasteiger partial charge in [0.15, 0.2) is 0 Å². The molecule has 1 heterocycles. The van der Waals surface area contributed by atoms with Crippen molar-refractivity contribution in [3.05, 3.63) is 53.0 Å². The molecule has 0 bridgehead atoms. The van der Waals surface area contributed by atoms with Gasteiger partial charge in [0.2, 0.25) is 0 Å². The average Bonchev–Trinajstić information content (AvgIpc) is 2.44. The minimum absolute atomic E-state index is 0.273. The van der Waals surface area contributed by atoms with Crippen molar-refractivity contribution in [1.29, 1.82) is 0 Å². The Balaban J connectivity index is 2.01. The van der Waals surface area contributed by atoms with E-state index < -0.39 is 0 Å². The van der Waals surface area contributed by atoms with Crippen molar-refractivity contribution in [2.75, 3.05) is 12.3 Å². The monoisotopic (exact) mass is 337 g/mol. The van der Waals surface area contributed by atoms with Crippen LogP contribution in [0.5, 0.6) is 0 Å². The van der Waals surface area contributed by atoms with Crippen molar-refractivity contribution in [2.45, 2.75) is 17.9 Å². The van der Waals surface area contributed by atoms with Crippen LogP contribution in [-0.2, 0) is 0 Å². The van der Waals surface area contributed by atoms with Crippen LogP contribution in [0.4, 0.5) is 0 Å². The van der Waals surface area contributed by atoms with Crippen LogP contribution in [0.2, 0.25) is 0 Å². The highest BCUT2D eigenvalue weighted by molar-refractivity contribution is 9.10. The summed E-state index contributed by atoms with van der Waals surface area (Å²) in [5.41, 5.74) is 1.13. The first-order chi connectivity index (χ1) is 9.29. The molecule has 0 aliphatic carbocycles. The molecule has 0 saturated heterocycles. The van der Waals surface area contributed by atoms with Crippen LogP contribution in [0.25, 0.3) is 0 Å². The highest BCUT2D eigenvalue weighted by Gasteiger charge is 2.11. The Morgan fingerprint density at radius 1 is 1.32 bits per heavy atom. The summed E-state index contributed by atoms with van der Waals surface area (Å²) in [6.07, 6.45) is 5.32. The first kappa shape index (κ1) is 14.5. The van der Waals surface area contributed by atoms with Gasteiger partial charge in [-0.25, -0.2) is 9.97 Å². The summed E-state index contributed by atoms with van der Waals surface area (Å²) in [6.45, 7) is 3.04. The Labute approximate surface area is 126 Å². The van der Waals surface area contributed by atoms with Crippen LogP contribution in [0.1, 0.15) is 18.5 Å². The van der Waals surface area contributed by atoms with E-state index in [4.69, 9.17) is 0 Å². The number of nitrogens with one attached hydrogen (secondary N) is 1. The molecule has 19 heavy (non-hydrogen) atoms. The van der Waals surface area contributed by atoms with Crippen molar-refractivity contribution in [1.82, 2.24) is 15.3 Å². The molecule has 1 aromatic heterocycles. The lowest BCUT2D eigenvalue weighted by Crippen LogP contribution is -2.23. The van der Waals surface area contributed by atoms with E-state index in [1.807, 2.05) is 30.2 Å². The summed E-state index contributed by atoms with van der Waals surface area (Å²) < 4.78 is 1.11. The molecule has 2 aromatic rings. The summed E-state index contributed by atoms with van der Waals surface area (Å²) in [4.78, 5) is 9.44. The van der Waals surface area contributed by atoms with Gasteiger partial charge in [0, 0.05) is 39.1 Å². The van der Waals surface area contributed by atoms with Gasteiger partial charge < -0.3 is 5.32 Å². The van der Waals surface area contributed by atoms with Crippen LogP contribution in [0.15, 0.2) is 52.4 Å². The van der Waals surface area contributed by atoms with Gasteiger partial charge in [0.1, 0.15) is 6.33 Å². The lowest BCUT2D eigenvalue weighted by Gasteiger charge is -2.17. The number of halogens is 1. The molecule has 0 saturated carbocycles. The van der Waals surface area contributed by atoms with Gasteiger partial charge in [0.25, 0.3) is 0 Å². The normalized spacial score (nSPS) is 12.3. The van der Waals surface area contributed by atoms with Crippen LogP contribution in [-0.4, -0.2) is 22.3 Å². The Hall–Kier alpha value is -0.910. The van der Waals surface area contributed by atoms with Gasteiger partial charge in [-0.1, -0.05) is 28.9 Å². The van der Waals surface area contributed by atoms with Crippen molar-refractivity contribution in [2.24, 2.45) is 0 Å². The second kappa shape index (κ2) is 7.62. The molecule has 1 N–H and O–H groups in total. The van der Waals surface area contributed by atoms with E-state index in [1.165, 1.54) is 4.90 Å². The molecular formula is C14H16BrN3S. The number of benzene rings is 1. The maximum atomic E-state index is 4.09. The topological polar surface area (TPSA) is 37.8 Å². The van der Waals surface area contributed by atoms with Gasteiger partial charge >= 0.3 is 0 Å². The Morgan fingerprint density at radius 2 is 2.11 bits per heavy atom. The van der Waals surface area contributed by atoms with E-state index in [9.17, 15) is 0 Å². The fourth-order valence-electron chi connectivity index (χ4n) is 1.75. The molecule has 3 nitrogen and oxygen atoms in total. The highest BCUT2D eigenvalue weighted by atomic mass is 79.9. The third kappa shape index (κ3) is 4.60. The van der Waals surface area contributed by atoms with Crippen molar-refractivity contribution in [3.63, 3.8) is 0 Å². The molecule has 0 radical (unpaired) electrons. The maximum absolute atomic E-state index is 4.09. The SMILES string of the molecule is CCNC(CSc1cccc(Br)c1)c1cncnc1. The first-order valence-corrected chi connectivity index (χ1v) is 7.94. The van der Waals surface area contributed by atoms with E-state index in [2.05, 4.69) is 56.3 Å². The van der Waals surface area contributed by atoms with E-state index in [0.717, 1.165) is 22.3 Å². The molecule has 1 aromatic carbocycles. The minimum Gasteiger partial charge on any atom is -0.309 e. The van der Waals surface area contributed by atoms with Crippen LogP contribution >= 0.6 is 27.7 Å². The van der Waals surface area contributed by atoms with Gasteiger partial charge in [0.05, 0.1) is 0 Å². The van der Waals surface area contributed by atoms with Crippen LogP contribution in [0, 0.1) is 0 Å². The van der Waals surface area contributed by atoms with Gasteiger partial charge in [-0.05, 0) is 24.7 Å². The molecular weight excluding hydrogens is 322 g/mol. The summed E-state index contributed by atoms with van der Waals surface area (Å²) >= 11 is 5.33. The standard InChI is InChI=1S/C14H16BrN3S/c1-2-18-14(11-7-16-10-17-8-11)9-19-13-5-3-4-12(15)6-13/h3-8,10,14,18H,2,9H2,1H3. The fraction of sp³-hybridized carbons (Fsp3) is 0.286. The molecule has 0 fully saturated rings. The highest BCUT2D eigenvalue weighted by Crippen LogP contribution is 2.26. The van der Waals surface area contributed by atoms with Crippen molar-refractivity contribution < 1.29 is 0 Å². The zero-order chi connectivity index (χ0) is 13.5. The molecule has 0 aliphatic rings. The Morgan fingerprint density at radius 3 is 2.79 bits per heavy atom. The maximum Gasteiger partial charge on any atom is 0.115 e. The second-order valence-corrected chi connectivity index (χ2v) is 6.06. The van der Waals surface area contributed by atoms with Crippen molar-refractivity contribution in [3.8, 4) is 0 Å². The largest absolute Gasteiger partial charge is 0.309 e. The summed E-state index contributed by atoms with van der Waals surface area (Å²) in [5.74, 6) is 0.956. The van der Waals surface area contributed by atoms with E-state index in [-0.39, 0.29) is 6.04 Å². The molecule has 0 spiro atoms. The summed E-state index contributed by atoms with van der Waals surface area (Å²) in [6, 6.07) is 8.63. The number of hydrogen-bond acceptors (Lipinski definition) is 4. The molecule has 1 unspecified atom stereocenters. The molecule has 0 aliphatic heterocycles. The summed E-state index contributed by atoms with van der Waals surface area (Å²) in [7, 11) is 0. The van der Waals surface area contributed by atoms with Gasteiger partial charge in [-0.3, -0.25) is 0 Å². The lowest BCUT2D eigenvalue weighted by atomic mass is 10.2. The second-order valence-electron chi connectivity index (χ2n) is 4.05. The number of rotatable bonds is 6. The Kier molecular flexibility index (Phi) is 5.82. The van der Waals surface area contributed by atoms with Gasteiger partial charge in [-0.2, -0.15) is 0 Å². The first-order valence-electron chi connectivity index (χ1n) is 6.16. The quantitative estimate of drug-likeness (QED) is 0.816. The van der Waals surface area contributed by atoms with Gasteiger partial charge in [-0.15, -0.1) is 11.8 Å². The zero-order valence-electron chi connectivity index (χ0n) is 10.7. The predicted octanol–water partition coefficient (Wildman–Crippen LogP) is 3.68. The molecule has 100 valence electrons. The number of nitrogens with zero attached hydrogens (tertiary/aromatic N) is 2. The van der Waals surface area contributed by atoms with E-state index in [0.29, 0.717) is 0 Å². The van der Waals surface area contributed by atoms with E-state index in [1.54, 1.807) is 6.33 Å². The fourth-order valence-corrected chi connectivity index (χ4v) is 3.35. The van der Waals surface area contributed by atoms with Crippen LogP contribution < -0.4 is 5.32 Å². The lowest BCUT2D eigenvalue weighted by molar-refractivity contribution is 0.601. The zero-order valence-corrected chi connectivity index (χ0v) is 13.1. The van der Waals surface area contributed by atoms with Crippen LogP contribution in [0.3, 0.4) is 0 Å². The Bertz CT molecular complexity index is 507. The summed E-state index contributed by atoms with van der Waals surface area (Å²) in [5, 5.41) is 3.47. The van der Waals surface area contributed by atoms with E-state index >= 15 is 0 Å². The molecule has 2 rings (SSSR count). The smallest absolute Gasteiger partial charge is 0.115 e.